The van der Waals surface area contributed by atoms with Crippen molar-refractivity contribution in [1.82, 2.24) is 4.98 Å². The van der Waals surface area contributed by atoms with E-state index in [1.165, 1.54) is 6.20 Å². The molecule has 1 aromatic heterocycles. The molecule has 78 valence electrons. The van der Waals surface area contributed by atoms with Gasteiger partial charge >= 0.3 is 0 Å². The van der Waals surface area contributed by atoms with Crippen LogP contribution in [0.3, 0.4) is 0 Å². The maximum Gasteiger partial charge on any atom is 0.147 e. The first kappa shape index (κ1) is 11.7. The number of nitrogens with zero attached hydrogens (tertiary/aromatic N) is 1. The van der Waals surface area contributed by atoms with Crippen molar-refractivity contribution in [2.45, 2.75) is 25.5 Å². The monoisotopic (exact) mass is 234 g/mol. The Labute approximate surface area is 92.9 Å². The number of aliphatic hydroxyl groups excluding tert-OH is 1. The number of rotatable bonds is 3. The Bertz CT molecular complexity index is 320. The Morgan fingerprint density at radius 3 is 2.71 bits per heavy atom. The quantitative estimate of drug-likeness (QED) is 0.789. The number of hydrogen-bond acceptors (Lipinski definition) is 3. The summed E-state index contributed by atoms with van der Waals surface area (Å²) in [7, 11) is 0. The minimum absolute atomic E-state index is 0.229. The number of hydrogen-bond donors (Lipinski definition) is 2. The fraction of sp³-hybridized carbons (Fsp3) is 0.444. The lowest BCUT2D eigenvalue weighted by molar-refractivity contribution is 0.144. The summed E-state index contributed by atoms with van der Waals surface area (Å²) in [6, 6.07) is 1.27. The van der Waals surface area contributed by atoms with E-state index in [0.717, 1.165) is 0 Å². The molecule has 0 fully saturated rings. The highest BCUT2D eigenvalue weighted by Gasteiger charge is 2.16. The molecule has 0 aliphatic carbocycles. The van der Waals surface area contributed by atoms with Crippen LogP contribution in [0.4, 0.5) is 0 Å². The third-order valence-corrected chi connectivity index (χ3v) is 2.72. The molecule has 0 aliphatic heterocycles. The molecule has 3 N–H and O–H groups in total. The molecule has 1 rings (SSSR count). The van der Waals surface area contributed by atoms with Gasteiger partial charge in [0.15, 0.2) is 0 Å². The van der Waals surface area contributed by atoms with Crippen molar-refractivity contribution in [3.63, 3.8) is 0 Å². The van der Waals surface area contributed by atoms with Crippen LogP contribution in [-0.4, -0.2) is 16.1 Å². The molecule has 1 heterocycles. The molecule has 0 unspecified atom stereocenters. The second-order valence-corrected chi connectivity index (χ2v) is 3.82. The van der Waals surface area contributed by atoms with Gasteiger partial charge in [-0.05, 0) is 12.5 Å². The van der Waals surface area contributed by atoms with Gasteiger partial charge in [-0.3, -0.25) is 0 Å². The van der Waals surface area contributed by atoms with Crippen LogP contribution in [-0.2, 0) is 0 Å². The second kappa shape index (κ2) is 4.94. The molecular formula is C9H12Cl2N2O. The fourth-order valence-corrected chi connectivity index (χ4v) is 1.35. The lowest BCUT2D eigenvalue weighted by Gasteiger charge is -2.17. The van der Waals surface area contributed by atoms with Crippen LogP contribution in [0.1, 0.15) is 25.0 Å². The third-order valence-electron chi connectivity index (χ3n) is 2.04. The minimum atomic E-state index is -0.748. The first-order valence-electron chi connectivity index (χ1n) is 4.30. The molecule has 0 bridgehead atoms. The summed E-state index contributed by atoms with van der Waals surface area (Å²) in [6.45, 7) is 1.90. The van der Waals surface area contributed by atoms with Gasteiger partial charge < -0.3 is 10.8 Å². The lowest BCUT2D eigenvalue weighted by Crippen LogP contribution is -2.27. The van der Waals surface area contributed by atoms with E-state index in [4.69, 9.17) is 28.9 Å². The number of pyridine rings is 1. The van der Waals surface area contributed by atoms with Crippen molar-refractivity contribution in [3.8, 4) is 0 Å². The van der Waals surface area contributed by atoms with Gasteiger partial charge in [-0.25, -0.2) is 4.98 Å². The Morgan fingerprint density at radius 2 is 2.21 bits per heavy atom. The van der Waals surface area contributed by atoms with Crippen molar-refractivity contribution >= 4 is 23.2 Å². The van der Waals surface area contributed by atoms with Crippen LogP contribution in [0.2, 0.25) is 10.2 Å². The van der Waals surface area contributed by atoms with Crippen molar-refractivity contribution in [3.05, 3.63) is 28.0 Å². The topological polar surface area (TPSA) is 59.1 Å². The van der Waals surface area contributed by atoms with Crippen LogP contribution in [0.25, 0.3) is 0 Å². The average Bonchev–Trinajstić information content (AvgIpc) is 2.20. The molecule has 0 aliphatic rings. The zero-order valence-corrected chi connectivity index (χ0v) is 9.26. The molecule has 0 saturated carbocycles. The molecule has 0 saturated heterocycles. The van der Waals surface area contributed by atoms with Crippen LogP contribution in [0.5, 0.6) is 0 Å². The normalized spacial score (nSPS) is 15.2. The molecule has 0 radical (unpaired) electrons. The van der Waals surface area contributed by atoms with Gasteiger partial charge in [0.1, 0.15) is 5.15 Å². The molecular weight excluding hydrogens is 223 g/mol. The standard InChI is InChI=1S/C9H12Cl2N2O/c1-2-7(12)8(14)5-3-6(10)9(11)13-4-5/h3-4,7-8,14H,2,12H2,1H3/t7-,8+/m0/s1. The van der Waals surface area contributed by atoms with Gasteiger partial charge in [-0.2, -0.15) is 0 Å². The first-order valence-corrected chi connectivity index (χ1v) is 5.06. The zero-order valence-electron chi connectivity index (χ0n) is 7.74. The van der Waals surface area contributed by atoms with Gasteiger partial charge in [0.25, 0.3) is 0 Å². The smallest absolute Gasteiger partial charge is 0.147 e. The number of aliphatic hydroxyl groups is 1. The third kappa shape index (κ3) is 2.58. The zero-order chi connectivity index (χ0) is 10.7. The van der Waals surface area contributed by atoms with Gasteiger partial charge in [-0.15, -0.1) is 0 Å². The molecule has 14 heavy (non-hydrogen) atoms. The molecule has 0 amide bonds. The summed E-state index contributed by atoms with van der Waals surface area (Å²) in [5.41, 5.74) is 6.27. The van der Waals surface area contributed by atoms with E-state index in [9.17, 15) is 5.11 Å². The Balaban J connectivity index is 2.91. The number of nitrogens with two attached hydrogens (primary N) is 1. The van der Waals surface area contributed by atoms with E-state index in [-0.39, 0.29) is 11.2 Å². The SMILES string of the molecule is CC[C@H](N)[C@H](O)c1cnc(Cl)c(Cl)c1. The van der Waals surface area contributed by atoms with Crippen LogP contribution < -0.4 is 5.73 Å². The van der Waals surface area contributed by atoms with Gasteiger partial charge in [0.05, 0.1) is 11.1 Å². The fourth-order valence-electron chi connectivity index (χ4n) is 1.07. The molecule has 2 atom stereocenters. The Morgan fingerprint density at radius 1 is 1.57 bits per heavy atom. The van der Waals surface area contributed by atoms with Gasteiger partial charge in [-0.1, -0.05) is 30.1 Å². The number of aromatic nitrogens is 1. The molecule has 0 aromatic carbocycles. The molecule has 3 nitrogen and oxygen atoms in total. The Kier molecular flexibility index (Phi) is 4.13. The van der Waals surface area contributed by atoms with Crippen molar-refractivity contribution in [2.24, 2.45) is 5.73 Å². The summed E-state index contributed by atoms with van der Waals surface area (Å²) in [6.07, 6.45) is 1.41. The van der Waals surface area contributed by atoms with Crippen molar-refractivity contribution < 1.29 is 5.11 Å². The lowest BCUT2D eigenvalue weighted by atomic mass is 10.0. The highest BCUT2D eigenvalue weighted by atomic mass is 35.5. The van der Waals surface area contributed by atoms with Crippen molar-refractivity contribution in [1.29, 1.82) is 0 Å². The summed E-state index contributed by atoms with van der Waals surface area (Å²) in [5, 5.41) is 10.3. The molecule has 5 heteroatoms. The van der Waals surface area contributed by atoms with E-state index in [1.54, 1.807) is 6.07 Å². The summed E-state index contributed by atoms with van der Waals surface area (Å²) < 4.78 is 0. The predicted octanol–water partition coefficient (Wildman–Crippen LogP) is 2.16. The maximum absolute atomic E-state index is 9.74. The van der Waals surface area contributed by atoms with Crippen LogP contribution in [0.15, 0.2) is 12.3 Å². The van der Waals surface area contributed by atoms with E-state index < -0.39 is 6.10 Å². The molecule has 0 spiro atoms. The minimum Gasteiger partial charge on any atom is -0.387 e. The largest absolute Gasteiger partial charge is 0.387 e. The summed E-state index contributed by atoms with van der Waals surface area (Å²) in [4.78, 5) is 3.83. The van der Waals surface area contributed by atoms with Crippen molar-refractivity contribution in [2.75, 3.05) is 0 Å². The summed E-state index contributed by atoms with van der Waals surface area (Å²) in [5.74, 6) is 0. The van der Waals surface area contributed by atoms with Crippen LogP contribution in [0, 0.1) is 0 Å². The van der Waals surface area contributed by atoms with E-state index >= 15 is 0 Å². The van der Waals surface area contributed by atoms with E-state index in [0.29, 0.717) is 17.0 Å². The predicted molar refractivity (Wildman–Crippen MR) is 57.5 cm³/mol. The first-order chi connectivity index (χ1) is 6.56. The van der Waals surface area contributed by atoms with E-state index in [2.05, 4.69) is 4.98 Å². The average molecular weight is 235 g/mol. The highest BCUT2D eigenvalue weighted by Crippen LogP contribution is 2.24. The van der Waals surface area contributed by atoms with Gasteiger partial charge in [0, 0.05) is 17.8 Å². The van der Waals surface area contributed by atoms with Crippen LogP contribution >= 0.6 is 23.2 Å². The second-order valence-electron chi connectivity index (χ2n) is 3.06. The van der Waals surface area contributed by atoms with E-state index in [1.807, 2.05) is 6.92 Å². The highest BCUT2D eigenvalue weighted by molar-refractivity contribution is 6.41. The Hall–Kier alpha value is -0.350. The molecule has 1 aromatic rings. The summed E-state index contributed by atoms with van der Waals surface area (Å²) >= 11 is 11.4. The maximum atomic E-state index is 9.74. The van der Waals surface area contributed by atoms with Gasteiger partial charge in [0.2, 0.25) is 0 Å². The number of halogens is 2.